The van der Waals surface area contributed by atoms with Crippen molar-refractivity contribution in [1.82, 2.24) is 0 Å². The van der Waals surface area contributed by atoms with Crippen molar-refractivity contribution < 1.29 is 14.8 Å². The maximum absolute atomic E-state index is 11.4. The van der Waals surface area contributed by atoms with Crippen molar-refractivity contribution in [2.75, 3.05) is 0 Å². The van der Waals surface area contributed by atoms with Crippen LogP contribution in [0.4, 0.5) is 5.69 Å². The first-order valence-electron chi connectivity index (χ1n) is 6.19. The Morgan fingerprint density at radius 3 is 2.19 bits per heavy atom. The van der Waals surface area contributed by atoms with Crippen LogP contribution >= 0.6 is 15.9 Å². The summed E-state index contributed by atoms with van der Waals surface area (Å²) in [5.74, 6) is -1.60. The van der Waals surface area contributed by atoms with E-state index in [9.17, 15) is 20.0 Å². The lowest BCUT2D eigenvalue weighted by Crippen LogP contribution is -2.14. The average molecular weight is 350 g/mol. The molecule has 2 aromatic rings. The van der Waals surface area contributed by atoms with Crippen LogP contribution in [0.5, 0.6) is 0 Å². The molecule has 0 saturated carbocycles. The van der Waals surface area contributed by atoms with Crippen LogP contribution in [0.3, 0.4) is 0 Å². The molecule has 0 aliphatic rings. The number of carboxylic acid groups (broad SMARTS) is 1. The van der Waals surface area contributed by atoms with E-state index in [1.165, 1.54) is 12.1 Å². The molecule has 0 aromatic heterocycles. The molecular weight excluding hydrogens is 338 g/mol. The summed E-state index contributed by atoms with van der Waals surface area (Å²) >= 11 is 3.31. The highest BCUT2D eigenvalue weighted by molar-refractivity contribution is 9.10. The summed E-state index contributed by atoms with van der Waals surface area (Å²) in [6.45, 7) is 0. The maximum Gasteiger partial charge on any atom is 0.311 e. The molecule has 21 heavy (non-hydrogen) atoms. The van der Waals surface area contributed by atoms with E-state index in [1.807, 2.05) is 0 Å². The van der Waals surface area contributed by atoms with Gasteiger partial charge in [0.2, 0.25) is 0 Å². The van der Waals surface area contributed by atoms with Gasteiger partial charge in [0, 0.05) is 16.6 Å². The van der Waals surface area contributed by atoms with Gasteiger partial charge in [-0.15, -0.1) is 0 Å². The first-order chi connectivity index (χ1) is 9.97. The molecule has 5 nitrogen and oxygen atoms in total. The van der Waals surface area contributed by atoms with Crippen molar-refractivity contribution in [3.63, 3.8) is 0 Å². The van der Waals surface area contributed by atoms with E-state index in [4.69, 9.17) is 0 Å². The van der Waals surface area contributed by atoms with Crippen molar-refractivity contribution in [2.24, 2.45) is 0 Å². The number of carboxylic acids is 1. The predicted octanol–water partition coefficient (Wildman–Crippen LogP) is 3.77. The number of benzene rings is 2. The van der Waals surface area contributed by atoms with Crippen LogP contribution in [0.15, 0.2) is 53.0 Å². The molecule has 0 amide bonds. The van der Waals surface area contributed by atoms with Gasteiger partial charge < -0.3 is 5.11 Å². The quantitative estimate of drug-likeness (QED) is 0.658. The molecule has 0 heterocycles. The van der Waals surface area contributed by atoms with Crippen LogP contribution in [-0.2, 0) is 11.2 Å². The molecule has 2 rings (SSSR count). The number of hydrogen-bond acceptors (Lipinski definition) is 3. The van der Waals surface area contributed by atoms with Crippen LogP contribution in [-0.4, -0.2) is 16.0 Å². The Kier molecular flexibility index (Phi) is 4.70. The molecule has 0 spiro atoms. The Balaban J connectivity index is 2.22. The second-order valence-corrected chi connectivity index (χ2v) is 5.49. The fourth-order valence-electron chi connectivity index (χ4n) is 2.03. The minimum atomic E-state index is -0.921. The van der Waals surface area contributed by atoms with E-state index < -0.39 is 16.8 Å². The highest BCUT2D eigenvalue weighted by Crippen LogP contribution is 2.24. The number of rotatable bonds is 5. The van der Waals surface area contributed by atoms with E-state index in [0.29, 0.717) is 5.56 Å². The lowest BCUT2D eigenvalue weighted by Gasteiger charge is -2.13. The van der Waals surface area contributed by atoms with Crippen LogP contribution in [0.25, 0.3) is 0 Å². The van der Waals surface area contributed by atoms with Gasteiger partial charge in [0.1, 0.15) is 0 Å². The molecule has 0 saturated heterocycles. The first-order valence-corrected chi connectivity index (χ1v) is 6.98. The van der Waals surface area contributed by atoms with E-state index in [1.54, 1.807) is 36.4 Å². The number of carbonyl (C=O) groups is 1. The molecule has 0 aliphatic heterocycles. The number of nitrogens with zero attached hydrogens (tertiary/aromatic N) is 1. The number of hydrogen-bond donors (Lipinski definition) is 1. The van der Waals surface area contributed by atoms with Crippen LogP contribution in [0.1, 0.15) is 17.0 Å². The minimum absolute atomic E-state index is 0.00531. The lowest BCUT2D eigenvalue weighted by atomic mass is 9.92. The zero-order valence-electron chi connectivity index (χ0n) is 10.9. The van der Waals surface area contributed by atoms with Crippen LogP contribution < -0.4 is 0 Å². The average Bonchev–Trinajstić information content (AvgIpc) is 2.46. The molecule has 2 aromatic carbocycles. The predicted molar refractivity (Wildman–Crippen MR) is 81.3 cm³/mol. The smallest absolute Gasteiger partial charge is 0.311 e. The summed E-state index contributed by atoms with van der Waals surface area (Å²) in [6.07, 6.45) is 0.287. The van der Waals surface area contributed by atoms with Gasteiger partial charge in [-0.25, -0.2) is 0 Å². The number of nitro benzene ring substituents is 1. The highest BCUT2D eigenvalue weighted by atomic mass is 79.9. The minimum Gasteiger partial charge on any atom is -0.481 e. The molecule has 108 valence electrons. The largest absolute Gasteiger partial charge is 0.481 e. The van der Waals surface area contributed by atoms with E-state index in [-0.39, 0.29) is 12.1 Å². The van der Waals surface area contributed by atoms with Crippen molar-refractivity contribution in [3.05, 3.63) is 74.2 Å². The van der Waals surface area contributed by atoms with Crippen molar-refractivity contribution in [2.45, 2.75) is 12.3 Å². The summed E-state index contributed by atoms with van der Waals surface area (Å²) in [7, 11) is 0. The third-order valence-corrected chi connectivity index (χ3v) is 3.69. The maximum atomic E-state index is 11.4. The fraction of sp³-hybridized carbons (Fsp3) is 0.133. The summed E-state index contributed by atoms with van der Waals surface area (Å²) in [5.41, 5.74) is 1.44. The molecule has 6 heteroatoms. The monoisotopic (exact) mass is 349 g/mol. The van der Waals surface area contributed by atoms with Gasteiger partial charge in [-0.05, 0) is 29.7 Å². The molecule has 0 aliphatic carbocycles. The molecular formula is C15H12BrNO4. The van der Waals surface area contributed by atoms with Gasteiger partial charge in [-0.3, -0.25) is 14.9 Å². The van der Waals surface area contributed by atoms with Crippen molar-refractivity contribution >= 4 is 27.6 Å². The van der Waals surface area contributed by atoms with E-state index in [0.717, 1.165) is 10.0 Å². The Labute approximate surface area is 129 Å². The van der Waals surface area contributed by atoms with Gasteiger partial charge in [0.15, 0.2) is 0 Å². The third-order valence-electron chi connectivity index (χ3n) is 3.16. The van der Waals surface area contributed by atoms with Crippen LogP contribution in [0, 0.1) is 10.1 Å². The molecule has 1 N–H and O–H groups in total. The van der Waals surface area contributed by atoms with Gasteiger partial charge in [0.05, 0.1) is 10.8 Å². The van der Waals surface area contributed by atoms with Crippen molar-refractivity contribution in [3.8, 4) is 0 Å². The standard InChI is InChI=1S/C15H12BrNO4/c16-12-5-3-11(4-6-12)14(15(18)19)9-10-1-7-13(8-2-10)17(20)21/h1-8,14H,9H2,(H,18,19). The highest BCUT2D eigenvalue weighted by Gasteiger charge is 2.20. The Morgan fingerprint density at radius 1 is 1.14 bits per heavy atom. The number of nitro groups is 1. The second kappa shape index (κ2) is 6.49. The fourth-order valence-corrected chi connectivity index (χ4v) is 2.30. The topological polar surface area (TPSA) is 80.4 Å². The number of non-ortho nitro benzene ring substituents is 1. The summed E-state index contributed by atoms with van der Waals surface area (Å²) in [6, 6.07) is 13.1. The molecule has 0 bridgehead atoms. The Morgan fingerprint density at radius 2 is 1.71 bits per heavy atom. The molecule has 0 radical (unpaired) electrons. The third kappa shape index (κ3) is 3.88. The van der Waals surface area contributed by atoms with Gasteiger partial charge >= 0.3 is 5.97 Å². The molecule has 0 fully saturated rings. The van der Waals surface area contributed by atoms with E-state index in [2.05, 4.69) is 15.9 Å². The SMILES string of the molecule is O=C(O)C(Cc1ccc([N+](=O)[O-])cc1)c1ccc(Br)cc1. The van der Waals surface area contributed by atoms with Gasteiger partial charge in [-0.2, -0.15) is 0 Å². The zero-order valence-corrected chi connectivity index (χ0v) is 12.5. The van der Waals surface area contributed by atoms with Gasteiger partial charge in [0.25, 0.3) is 5.69 Å². The summed E-state index contributed by atoms with van der Waals surface area (Å²) in [5, 5.41) is 20.0. The molecule has 1 unspecified atom stereocenters. The second-order valence-electron chi connectivity index (χ2n) is 4.57. The number of halogens is 1. The van der Waals surface area contributed by atoms with Crippen molar-refractivity contribution in [1.29, 1.82) is 0 Å². The summed E-state index contributed by atoms with van der Waals surface area (Å²) in [4.78, 5) is 21.6. The Bertz CT molecular complexity index is 652. The lowest BCUT2D eigenvalue weighted by molar-refractivity contribution is -0.384. The molecule has 1 atom stereocenters. The normalized spacial score (nSPS) is 11.9. The van der Waals surface area contributed by atoms with Crippen LogP contribution in [0.2, 0.25) is 0 Å². The first kappa shape index (κ1) is 15.2. The zero-order chi connectivity index (χ0) is 15.4. The Hall–Kier alpha value is -2.21. The number of aliphatic carboxylic acids is 1. The van der Waals surface area contributed by atoms with Gasteiger partial charge in [-0.1, -0.05) is 40.2 Å². The van der Waals surface area contributed by atoms with E-state index >= 15 is 0 Å². The summed E-state index contributed by atoms with van der Waals surface area (Å²) < 4.78 is 0.880.